The number of hydrogen-bond donors (Lipinski definition) is 0. The van der Waals surface area contributed by atoms with Crippen LogP contribution in [0.5, 0.6) is 0 Å². The molecule has 0 aliphatic heterocycles. The van der Waals surface area contributed by atoms with E-state index < -0.39 is 11.8 Å². The molecule has 0 aliphatic carbocycles. The molecule has 1 aromatic rings. The minimum atomic E-state index is -0.889. The highest BCUT2D eigenvalue weighted by Crippen LogP contribution is 2.27. The topological polar surface area (TPSA) is 43.4 Å². The maximum Gasteiger partial charge on any atom is 0.379 e. The summed E-state index contributed by atoms with van der Waals surface area (Å²) in [5.74, 6) is -1.61. The van der Waals surface area contributed by atoms with Gasteiger partial charge in [0.25, 0.3) is 5.78 Å². The average Bonchev–Trinajstić information content (AvgIpc) is 2.24. The molecule has 0 aromatic heterocycles. The van der Waals surface area contributed by atoms with Crippen LogP contribution < -0.4 is 0 Å². The maximum absolute atomic E-state index is 11.6. The van der Waals surface area contributed by atoms with Crippen LogP contribution >= 0.6 is 23.2 Å². The molecule has 86 valence electrons. The minimum absolute atomic E-state index is 0.158. The fourth-order valence-corrected chi connectivity index (χ4v) is 1.55. The third-order valence-electron chi connectivity index (χ3n) is 1.93. The summed E-state index contributed by atoms with van der Waals surface area (Å²) in [4.78, 5) is 22.8. The highest BCUT2D eigenvalue weighted by molar-refractivity contribution is 6.44. The SMILES string of the molecule is CCOC(=O)C(=O)c1cc(C)c(Cl)c(Cl)c1. The van der Waals surface area contributed by atoms with Gasteiger partial charge in [0.1, 0.15) is 0 Å². The molecular formula is C11H10Cl2O3. The zero-order valence-corrected chi connectivity index (χ0v) is 10.4. The summed E-state index contributed by atoms with van der Waals surface area (Å²) in [6, 6.07) is 2.86. The number of benzene rings is 1. The van der Waals surface area contributed by atoms with Crippen LogP contribution in [0.25, 0.3) is 0 Å². The monoisotopic (exact) mass is 260 g/mol. The molecule has 0 amide bonds. The lowest BCUT2D eigenvalue weighted by molar-refractivity contribution is -0.137. The zero-order chi connectivity index (χ0) is 12.3. The number of esters is 1. The van der Waals surface area contributed by atoms with E-state index >= 15 is 0 Å². The summed E-state index contributed by atoms with van der Waals surface area (Å²) in [7, 11) is 0. The van der Waals surface area contributed by atoms with Gasteiger partial charge in [-0.1, -0.05) is 23.2 Å². The summed E-state index contributed by atoms with van der Waals surface area (Å²) < 4.78 is 4.60. The Morgan fingerprint density at radius 1 is 1.31 bits per heavy atom. The largest absolute Gasteiger partial charge is 0.460 e. The van der Waals surface area contributed by atoms with Crippen molar-refractivity contribution in [3.8, 4) is 0 Å². The Kier molecular flexibility index (Phi) is 4.33. The average molecular weight is 261 g/mol. The number of halogens is 2. The third kappa shape index (κ3) is 2.74. The number of Topliss-reactive ketones (excluding diaryl/α,β-unsaturated/α-hetero) is 1. The summed E-state index contributed by atoms with van der Waals surface area (Å²) in [5, 5.41) is 0.622. The summed E-state index contributed by atoms with van der Waals surface area (Å²) in [6.07, 6.45) is 0. The van der Waals surface area contributed by atoms with Crippen LogP contribution in [0.2, 0.25) is 10.0 Å². The molecule has 0 heterocycles. The lowest BCUT2D eigenvalue weighted by Crippen LogP contribution is -2.17. The number of ether oxygens (including phenoxy) is 1. The van der Waals surface area contributed by atoms with Gasteiger partial charge in [-0.3, -0.25) is 4.79 Å². The first kappa shape index (κ1) is 13.0. The zero-order valence-electron chi connectivity index (χ0n) is 8.84. The lowest BCUT2D eigenvalue weighted by Gasteiger charge is -2.05. The second-order valence-corrected chi connectivity index (χ2v) is 3.92. The number of rotatable bonds is 3. The van der Waals surface area contributed by atoms with Crippen molar-refractivity contribution in [1.29, 1.82) is 0 Å². The Labute approximate surface area is 103 Å². The van der Waals surface area contributed by atoms with Crippen molar-refractivity contribution < 1.29 is 14.3 Å². The van der Waals surface area contributed by atoms with E-state index in [0.29, 0.717) is 10.6 Å². The smallest absolute Gasteiger partial charge is 0.379 e. The van der Waals surface area contributed by atoms with Crippen molar-refractivity contribution in [2.45, 2.75) is 13.8 Å². The van der Waals surface area contributed by atoms with Crippen molar-refractivity contribution in [3.05, 3.63) is 33.3 Å². The molecule has 0 saturated carbocycles. The standard InChI is InChI=1S/C11H10Cl2O3/c1-3-16-11(15)10(14)7-4-6(2)9(13)8(12)5-7/h4-5H,3H2,1-2H3. The highest BCUT2D eigenvalue weighted by atomic mass is 35.5. The van der Waals surface area contributed by atoms with Crippen molar-refractivity contribution in [2.24, 2.45) is 0 Å². The molecule has 0 N–H and O–H groups in total. The van der Waals surface area contributed by atoms with Crippen molar-refractivity contribution in [1.82, 2.24) is 0 Å². The fraction of sp³-hybridized carbons (Fsp3) is 0.273. The number of ketones is 1. The van der Waals surface area contributed by atoms with E-state index in [2.05, 4.69) is 4.74 Å². The number of aryl methyl sites for hydroxylation is 1. The second kappa shape index (κ2) is 5.32. The second-order valence-electron chi connectivity index (χ2n) is 3.14. The lowest BCUT2D eigenvalue weighted by atomic mass is 10.1. The molecule has 0 radical (unpaired) electrons. The normalized spacial score (nSPS) is 10.0. The van der Waals surface area contributed by atoms with E-state index in [9.17, 15) is 9.59 Å². The van der Waals surface area contributed by atoms with Crippen molar-refractivity contribution >= 4 is 35.0 Å². The molecule has 1 rings (SSSR count). The third-order valence-corrected chi connectivity index (χ3v) is 2.83. The number of hydrogen-bond acceptors (Lipinski definition) is 3. The molecule has 0 fully saturated rings. The van der Waals surface area contributed by atoms with Crippen LogP contribution in [0, 0.1) is 6.92 Å². The predicted octanol–water partition coefficient (Wildman–Crippen LogP) is 3.05. The highest BCUT2D eigenvalue weighted by Gasteiger charge is 2.19. The van der Waals surface area contributed by atoms with Gasteiger partial charge < -0.3 is 4.74 Å². The van der Waals surface area contributed by atoms with Crippen LogP contribution in [-0.2, 0) is 9.53 Å². The minimum Gasteiger partial charge on any atom is -0.460 e. The van der Waals surface area contributed by atoms with Gasteiger partial charge in [0, 0.05) is 5.56 Å². The van der Waals surface area contributed by atoms with E-state index in [-0.39, 0.29) is 17.2 Å². The molecule has 0 spiro atoms. The Balaban J connectivity index is 3.06. The van der Waals surface area contributed by atoms with E-state index in [1.54, 1.807) is 13.8 Å². The molecular weight excluding hydrogens is 251 g/mol. The van der Waals surface area contributed by atoms with Gasteiger partial charge in [-0.2, -0.15) is 0 Å². The van der Waals surface area contributed by atoms with Gasteiger partial charge in [-0.25, -0.2) is 4.79 Å². The quantitative estimate of drug-likeness (QED) is 0.477. The van der Waals surface area contributed by atoms with E-state index in [0.717, 1.165) is 0 Å². The first-order chi connectivity index (χ1) is 7.47. The van der Waals surface area contributed by atoms with E-state index in [4.69, 9.17) is 23.2 Å². The van der Waals surface area contributed by atoms with Crippen LogP contribution in [0.4, 0.5) is 0 Å². The Bertz CT molecular complexity index is 418. The fourth-order valence-electron chi connectivity index (χ4n) is 1.17. The van der Waals surface area contributed by atoms with E-state index in [1.165, 1.54) is 12.1 Å². The van der Waals surface area contributed by atoms with Crippen LogP contribution in [0.1, 0.15) is 22.8 Å². The Hall–Kier alpha value is -1.06. The maximum atomic E-state index is 11.6. The van der Waals surface area contributed by atoms with Crippen LogP contribution in [0.3, 0.4) is 0 Å². The first-order valence-corrected chi connectivity index (χ1v) is 5.40. The van der Waals surface area contributed by atoms with Gasteiger partial charge in [0.2, 0.25) is 0 Å². The molecule has 16 heavy (non-hydrogen) atoms. The molecule has 5 heteroatoms. The molecule has 0 unspecified atom stereocenters. The van der Waals surface area contributed by atoms with Gasteiger partial charge >= 0.3 is 5.97 Å². The van der Waals surface area contributed by atoms with Crippen molar-refractivity contribution in [2.75, 3.05) is 6.61 Å². The van der Waals surface area contributed by atoms with E-state index in [1.807, 2.05) is 0 Å². The Morgan fingerprint density at radius 3 is 2.44 bits per heavy atom. The van der Waals surface area contributed by atoms with Crippen LogP contribution in [-0.4, -0.2) is 18.4 Å². The molecule has 1 aromatic carbocycles. The molecule has 0 atom stereocenters. The molecule has 0 bridgehead atoms. The molecule has 0 aliphatic rings. The van der Waals surface area contributed by atoms with Crippen molar-refractivity contribution in [3.63, 3.8) is 0 Å². The first-order valence-electron chi connectivity index (χ1n) is 4.64. The molecule has 3 nitrogen and oxygen atoms in total. The summed E-state index contributed by atoms with van der Waals surface area (Å²) in [6.45, 7) is 3.49. The predicted molar refractivity (Wildman–Crippen MR) is 62.2 cm³/mol. The van der Waals surface area contributed by atoms with Gasteiger partial charge in [-0.05, 0) is 31.5 Å². The summed E-state index contributed by atoms with van der Waals surface area (Å²) in [5.41, 5.74) is 0.826. The van der Waals surface area contributed by atoms with Crippen LogP contribution in [0.15, 0.2) is 12.1 Å². The number of carbonyl (C=O) groups is 2. The summed E-state index contributed by atoms with van der Waals surface area (Å²) >= 11 is 11.6. The van der Waals surface area contributed by atoms with Gasteiger partial charge in [0.15, 0.2) is 0 Å². The molecule has 0 saturated heterocycles. The number of carbonyl (C=O) groups excluding carboxylic acids is 2. The van der Waals surface area contributed by atoms with Gasteiger partial charge in [-0.15, -0.1) is 0 Å². The Morgan fingerprint density at radius 2 is 1.94 bits per heavy atom. The van der Waals surface area contributed by atoms with Gasteiger partial charge in [0.05, 0.1) is 16.7 Å².